The summed E-state index contributed by atoms with van der Waals surface area (Å²) in [5, 5.41) is 22.6. The van der Waals surface area contributed by atoms with E-state index in [1.54, 1.807) is 0 Å². The molecule has 1 amide bonds. The van der Waals surface area contributed by atoms with Gasteiger partial charge in [0.2, 0.25) is 0 Å². The molecule has 0 aliphatic heterocycles. The number of hydrogen-bond acceptors (Lipinski definition) is 3. The Hall–Kier alpha value is -3.33. The van der Waals surface area contributed by atoms with E-state index < -0.39 is 24.6 Å². The Labute approximate surface area is 182 Å². The maximum Gasteiger partial charge on any atom is 0.435 e. The summed E-state index contributed by atoms with van der Waals surface area (Å²) < 4.78 is 40.4. The summed E-state index contributed by atoms with van der Waals surface area (Å²) in [6.07, 6.45) is -3.29. The molecule has 0 bridgehead atoms. The largest absolute Gasteiger partial charge is 0.465 e. The lowest BCUT2D eigenvalue weighted by molar-refractivity contribution is -0.142. The monoisotopic (exact) mass is 445 g/mol. The van der Waals surface area contributed by atoms with E-state index in [9.17, 15) is 28.2 Å². The first kappa shape index (κ1) is 21.9. The van der Waals surface area contributed by atoms with Crippen LogP contribution >= 0.6 is 0 Å². The van der Waals surface area contributed by atoms with E-state index in [0.717, 1.165) is 22.3 Å². The summed E-state index contributed by atoms with van der Waals surface area (Å²) in [7, 11) is 0. The van der Waals surface area contributed by atoms with Crippen molar-refractivity contribution in [3.8, 4) is 0 Å². The van der Waals surface area contributed by atoms with Crippen LogP contribution in [-0.4, -0.2) is 37.0 Å². The molecular weight excluding hydrogens is 423 g/mol. The zero-order valence-corrected chi connectivity index (χ0v) is 17.1. The lowest BCUT2D eigenvalue weighted by atomic mass is 10.1. The molecule has 4 rings (SSSR count). The number of aliphatic hydroxyl groups excluding tert-OH is 1. The van der Waals surface area contributed by atoms with Gasteiger partial charge in [-0.25, -0.2) is 4.79 Å². The number of halogens is 3. The fourth-order valence-electron chi connectivity index (χ4n) is 4.19. The standard InChI is InChI=1S/C23H22F3N3O3/c24-23(25,26)21-19(14-30)13-28(27-21)11-16-6-7-17-9-20(10-18(17)8-16)29(22(31)32)12-15-4-2-1-3-5-15/h1-8,13,20,30H,9-12,14H2,(H,31,32)/t20-/m1/s1. The number of benzene rings is 2. The number of aliphatic hydroxyl groups is 1. The highest BCUT2D eigenvalue weighted by atomic mass is 19.4. The van der Waals surface area contributed by atoms with Gasteiger partial charge >= 0.3 is 12.3 Å². The SMILES string of the molecule is O=C(O)N(Cc1ccccc1)[C@@H]1Cc2ccc(Cn3cc(CO)c(C(F)(F)F)n3)cc2C1. The molecule has 9 heteroatoms. The Bertz CT molecular complexity index is 1110. The molecule has 1 aromatic heterocycles. The van der Waals surface area contributed by atoms with Crippen LogP contribution in [0.1, 0.15) is 33.5 Å². The second kappa shape index (κ2) is 8.66. The molecule has 1 heterocycles. The predicted molar refractivity (Wildman–Crippen MR) is 110 cm³/mol. The number of fused-ring (bicyclic) bond motifs is 1. The van der Waals surface area contributed by atoms with Crippen molar-refractivity contribution >= 4 is 6.09 Å². The molecular formula is C23H22F3N3O3. The van der Waals surface area contributed by atoms with Crippen LogP contribution in [0, 0.1) is 0 Å². The highest BCUT2D eigenvalue weighted by Crippen LogP contribution is 2.31. The molecule has 2 N–H and O–H groups in total. The normalized spacial score (nSPS) is 15.6. The van der Waals surface area contributed by atoms with Gasteiger partial charge in [0, 0.05) is 24.3 Å². The molecule has 1 aliphatic rings. The molecule has 6 nitrogen and oxygen atoms in total. The van der Waals surface area contributed by atoms with Gasteiger partial charge in [-0.1, -0.05) is 48.5 Å². The fraction of sp³-hybridized carbons (Fsp3) is 0.304. The van der Waals surface area contributed by atoms with Gasteiger partial charge in [0.25, 0.3) is 0 Å². The summed E-state index contributed by atoms with van der Waals surface area (Å²) in [6, 6.07) is 14.8. The van der Waals surface area contributed by atoms with Gasteiger partial charge in [-0.3, -0.25) is 4.68 Å². The summed E-state index contributed by atoms with van der Waals surface area (Å²) in [6.45, 7) is -0.333. The van der Waals surface area contributed by atoms with Gasteiger partial charge in [0.05, 0.1) is 13.2 Å². The Morgan fingerprint density at radius 3 is 2.44 bits per heavy atom. The van der Waals surface area contributed by atoms with E-state index in [2.05, 4.69) is 5.10 Å². The van der Waals surface area contributed by atoms with Crippen LogP contribution < -0.4 is 0 Å². The molecule has 168 valence electrons. The second-order valence-electron chi connectivity index (χ2n) is 7.92. The molecule has 32 heavy (non-hydrogen) atoms. The second-order valence-corrected chi connectivity index (χ2v) is 7.92. The lowest BCUT2D eigenvalue weighted by Gasteiger charge is -2.26. The minimum atomic E-state index is -4.63. The van der Waals surface area contributed by atoms with E-state index in [4.69, 9.17) is 0 Å². The Morgan fingerprint density at radius 1 is 1.09 bits per heavy atom. The van der Waals surface area contributed by atoms with Gasteiger partial charge in [0.1, 0.15) is 0 Å². The van der Waals surface area contributed by atoms with Crippen LogP contribution in [0.4, 0.5) is 18.0 Å². The number of aromatic nitrogens is 2. The van der Waals surface area contributed by atoms with Crippen molar-refractivity contribution in [2.75, 3.05) is 0 Å². The third-order valence-electron chi connectivity index (χ3n) is 5.68. The predicted octanol–water partition coefficient (Wildman–Crippen LogP) is 4.09. The zero-order chi connectivity index (χ0) is 22.9. The maximum atomic E-state index is 13.1. The molecule has 0 fully saturated rings. The minimum absolute atomic E-state index is 0.119. The summed E-state index contributed by atoms with van der Waals surface area (Å²) in [5.74, 6) is 0. The number of nitrogens with zero attached hydrogens (tertiary/aromatic N) is 3. The first-order chi connectivity index (χ1) is 15.2. The van der Waals surface area contributed by atoms with Gasteiger partial charge in [0.15, 0.2) is 5.69 Å². The van der Waals surface area contributed by atoms with E-state index in [-0.39, 0.29) is 18.2 Å². The van der Waals surface area contributed by atoms with Crippen LogP contribution in [0.15, 0.2) is 54.7 Å². The number of carbonyl (C=O) groups is 1. The van der Waals surface area contributed by atoms with Gasteiger partial charge < -0.3 is 15.1 Å². The Balaban J connectivity index is 1.50. The third kappa shape index (κ3) is 4.62. The molecule has 1 atom stereocenters. The topological polar surface area (TPSA) is 78.6 Å². The number of amides is 1. The molecule has 3 aromatic rings. The van der Waals surface area contributed by atoms with Crippen LogP contribution in [0.25, 0.3) is 0 Å². The summed E-state index contributed by atoms with van der Waals surface area (Å²) in [5.41, 5.74) is 2.33. The van der Waals surface area contributed by atoms with E-state index in [1.807, 2.05) is 48.5 Å². The van der Waals surface area contributed by atoms with Crippen molar-refractivity contribution in [3.63, 3.8) is 0 Å². The first-order valence-electron chi connectivity index (χ1n) is 10.1. The first-order valence-corrected chi connectivity index (χ1v) is 10.1. The van der Waals surface area contributed by atoms with Crippen LogP contribution in [0.3, 0.4) is 0 Å². The number of carboxylic acid groups (broad SMARTS) is 1. The Morgan fingerprint density at radius 2 is 1.81 bits per heavy atom. The van der Waals surface area contributed by atoms with Crippen LogP contribution in [-0.2, 0) is 38.7 Å². The number of rotatable bonds is 6. The van der Waals surface area contributed by atoms with E-state index >= 15 is 0 Å². The lowest BCUT2D eigenvalue weighted by Crippen LogP contribution is -2.39. The molecule has 0 spiro atoms. The molecule has 2 aromatic carbocycles. The maximum absolute atomic E-state index is 13.1. The zero-order valence-electron chi connectivity index (χ0n) is 17.1. The highest BCUT2D eigenvalue weighted by Gasteiger charge is 2.37. The minimum Gasteiger partial charge on any atom is -0.465 e. The quantitative estimate of drug-likeness (QED) is 0.599. The highest BCUT2D eigenvalue weighted by molar-refractivity contribution is 5.66. The molecule has 0 radical (unpaired) electrons. The van der Waals surface area contributed by atoms with Crippen LogP contribution in [0.2, 0.25) is 0 Å². The number of alkyl halides is 3. The summed E-state index contributed by atoms with van der Waals surface area (Å²) in [4.78, 5) is 13.3. The number of hydrogen-bond donors (Lipinski definition) is 2. The molecule has 1 aliphatic carbocycles. The van der Waals surface area contributed by atoms with Crippen molar-refractivity contribution in [3.05, 3.63) is 88.2 Å². The smallest absolute Gasteiger partial charge is 0.435 e. The van der Waals surface area contributed by atoms with Crippen molar-refractivity contribution in [1.29, 1.82) is 0 Å². The van der Waals surface area contributed by atoms with E-state index in [1.165, 1.54) is 15.8 Å². The van der Waals surface area contributed by atoms with Crippen molar-refractivity contribution in [2.24, 2.45) is 0 Å². The van der Waals surface area contributed by atoms with Gasteiger partial charge in [-0.05, 0) is 35.1 Å². The average molecular weight is 445 g/mol. The van der Waals surface area contributed by atoms with E-state index in [0.29, 0.717) is 19.4 Å². The molecule has 0 saturated carbocycles. The summed E-state index contributed by atoms with van der Waals surface area (Å²) >= 11 is 0. The van der Waals surface area contributed by atoms with Crippen LogP contribution in [0.5, 0.6) is 0 Å². The Kier molecular flexibility index (Phi) is 5.92. The molecule has 0 saturated heterocycles. The average Bonchev–Trinajstić information content (AvgIpc) is 3.36. The third-order valence-corrected chi connectivity index (χ3v) is 5.68. The molecule has 0 unspecified atom stereocenters. The van der Waals surface area contributed by atoms with Crippen molar-refractivity contribution < 1.29 is 28.2 Å². The van der Waals surface area contributed by atoms with Crippen molar-refractivity contribution in [2.45, 2.75) is 44.8 Å². The van der Waals surface area contributed by atoms with Gasteiger partial charge in [-0.2, -0.15) is 18.3 Å². The fourth-order valence-corrected chi connectivity index (χ4v) is 4.19. The van der Waals surface area contributed by atoms with Gasteiger partial charge in [-0.15, -0.1) is 0 Å². The van der Waals surface area contributed by atoms with Crippen molar-refractivity contribution in [1.82, 2.24) is 14.7 Å².